The summed E-state index contributed by atoms with van der Waals surface area (Å²) in [7, 11) is 1.29. The third kappa shape index (κ3) is 11.1. The van der Waals surface area contributed by atoms with Crippen LogP contribution in [0.3, 0.4) is 0 Å². The summed E-state index contributed by atoms with van der Waals surface area (Å²) in [6.45, 7) is 8.00. The average molecular weight is 580 g/mol. The molecule has 0 saturated carbocycles. The maximum Gasteiger partial charge on any atom is 0.420 e. The predicted molar refractivity (Wildman–Crippen MR) is 147 cm³/mol. The lowest BCUT2D eigenvalue weighted by Gasteiger charge is -2.33. The van der Waals surface area contributed by atoms with Gasteiger partial charge in [-0.05, 0) is 58.6 Å². The number of nitrogens with zero attached hydrogens (tertiary/aromatic N) is 1. The molecule has 0 aromatic heterocycles. The van der Waals surface area contributed by atoms with E-state index in [1.807, 2.05) is 6.07 Å². The molecular weight excluding hydrogens is 546 g/mol. The molecule has 0 radical (unpaired) electrons. The van der Waals surface area contributed by atoms with Crippen molar-refractivity contribution in [3.63, 3.8) is 0 Å². The zero-order chi connectivity index (χ0) is 29.3. The number of esters is 1. The molecule has 0 heterocycles. The van der Waals surface area contributed by atoms with E-state index in [0.717, 1.165) is 5.41 Å². The van der Waals surface area contributed by atoms with Gasteiger partial charge < -0.3 is 14.2 Å². The van der Waals surface area contributed by atoms with Gasteiger partial charge in [-0.2, -0.15) is 4.90 Å². The molecule has 39 heavy (non-hydrogen) atoms. The van der Waals surface area contributed by atoms with Crippen molar-refractivity contribution in [1.29, 1.82) is 0 Å². The zero-order valence-electron chi connectivity index (χ0n) is 22.6. The molecule has 0 bridgehead atoms. The number of imide groups is 1. The molecule has 9 nitrogen and oxygen atoms in total. The summed E-state index contributed by atoms with van der Waals surface area (Å²) in [5.41, 5.74) is -0.783. The Labute approximate surface area is 234 Å². The van der Waals surface area contributed by atoms with E-state index in [-0.39, 0.29) is 19.4 Å². The third-order valence-corrected chi connectivity index (χ3v) is 6.09. The molecule has 0 saturated heterocycles. The first-order chi connectivity index (χ1) is 18.1. The minimum atomic E-state index is -3.94. The number of amides is 2. The maximum absolute atomic E-state index is 13.6. The Kier molecular flexibility index (Phi) is 11.1. The van der Waals surface area contributed by atoms with Gasteiger partial charge in [-0.1, -0.05) is 66.7 Å². The molecule has 2 aromatic rings. The van der Waals surface area contributed by atoms with Crippen LogP contribution in [-0.4, -0.2) is 43.1 Å². The van der Waals surface area contributed by atoms with Crippen LogP contribution in [0.1, 0.15) is 58.6 Å². The summed E-state index contributed by atoms with van der Waals surface area (Å²) in [4.78, 5) is 40.7. The lowest BCUT2D eigenvalue weighted by Crippen LogP contribution is -2.52. The number of allylic oxidation sites excluding steroid dienone is 1. The summed E-state index contributed by atoms with van der Waals surface area (Å²) < 4.78 is 39.2. The number of ether oxygens (including phenoxy) is 3. The summed E-state index contributed by atoms with van der Waals surface area (Å²) in [6.07, 6.45) is -1.25. The smallest absolute Gasteiger partial charge is 0.420 e. The standard InChI is InChI=1S/C28H34ClNO8S/c1-27(2,3)38-26(33)30(25(32)36-20-21-14-8-6-9-15-21)23(18-12-13-19-39(29,34)35)24(31)37-28(4,5)22-16-10-7-11-17-22/h6-11,13-17,19,23H,12,18,20H2,1-5H3/b19-13+/t23-/m0/s1. The molecule has 0 N–H and O–H groups in total. The molecule has 2 amide bonds. The summed E-state index contributed by atoms with van der Waals surface area (Å²) >= 11 is 0. The van der Waals surface area contributed by atoms with E-state index in [9.17, 15) is 22.8 Å². The lowest BCUT2D eigenvalue weighted by molar-refractivity contribution is -0.163. The van der Waals surface area contributed by atoms with E-state index in [1.165, 1.54) is 6.08 Å². The van der Waals surface area contributed by atoms with Gasteiger partial charge in [-0.15, -0.1) is 0 Å². The van der Waals surface area contributed by atoms with Crippen molar-refractivity contribution in [1.82, 2.24) is 4.90 Å². The van der Waals surface area contributed by atoms with E-state index in [2.05, 4.69) is 0 Å². The second-order valence-electron chi connectivity index (χ2n) is 10.1. The fraction of sp³-hybridized carbons (Fsp3) is 0.393. The van der Waals surface area contributed by atoms with Crippen LogP contribution in [0.4, 0.5) is 9.59 Å². The van der Waals surface area contributed by atoms with Crippen LogP contribution in [-0.2, 0) is 40.3 Å². The van der Waals surface area contributed by atoms with Crippen LogP contribution >= 0.6 is 10.7 Å². The summed E-state index contributed by atoms with van der Waals surface area (Å²) in [5.74, 6) is -0.909. The highest BCUT2D eigenvalue weighted by molar-refractivity contribution is 8.16. The number of hydrogen-bond donors (Lipinski definition) is 0. The molecule has 0 spiro atoms. The van der Waals surface area contributed by atoms with Crippen LogP contribution in [0, 0.1) is 0 Å². The van der Waals surface area contributed by atoms with Crippen LogP contribution in [0.5, 0.6) is 0 Å². The molecule has 11 heteroatoms. The molecule has 2 rings (SSSR count). The largest absolute Gasteiger partial charge is 0.453 e. The van der Waals surface area contributed by atoms with Crippen LogP contribution < -0.4 is 0 Å². The SMILES string of the molecule is CC(C)(C)OC(=O)N(C(=O)OCc1ccccc1)[C@@H](CC/C=C/S(=O)(=O)Cl)C(=O)OC(C)(C)c1ccccc1. The molecule has 0 aliphatic rings. The summed E-state index contributed by atoms with van der Waals surface area (Å²) in [6, 6.07) is 16.2. The maximum atomic E-state index is 13.6. The quantitative estimate of drug-likeness (QED) is 0.184. The van der Waals surface area contributed by atoms with Gasteiger partial charge in [0, 0.05) is 16.1 Å². The van der Waals surface area contributed by atoms with Crippen molar-refractivity contribution in [3.05, 3.63) is 83.3 Å². The first-order valence-corrected chi connectivity index (χ1v) is 14.6. The second kappa shape index (κ2) is 13.6. The molecule has 212 valence electrons. The van der Waals surface area contributed by atoms with E-state index in [0.29, 0.717) is 16.0 Å². The highest BCUT2D eigenvalue weighted by atomic mass is 35.7. The second-order valence-corrected chi connectivity index (χ2v) is 12.6. The summed E-state index contributed by atoms with van der Waals surface area (Å²) in [5, 5.41) is 0.760. The Bertz CT molecular complexity index is 1260. The van der Waals surface area contributed by atoms with Gasteiger partial charge in [-0.25, -0.2) is 22.8 Å². The fourth-order valence-electron chi connectivity index (χ4n) is 3.44. The monoisotopic (exact) mass is 579 g/mol. The first-order valence-electron chi connectivity index (χ1n) is 12.2. The highest BCUT2D eigenvalue weighted by Crippen LogP contribution is 2.27. The van der Waals surface area contributed by atoms with Gasteiger partial charge in [-0.3, -0.25) is 0 Å². The average Bonchev–Trinajstić information content (AvgIpc) is 2.83. The Morgan fingerprint density at radius 1 is 0.897 bits per heavy atom. The molecule has 0 aliphatic carbocycles. The van der Waals surface area contributed by atoms with Gasteiger partial charge in [0.15, 0.2) is 0 Å². The Morgan fingerprint density at radius 2 is 1.46 bits per heavy atom. The lowest BCUT2D eigenvalue weighted by atomic mass is 9.98. The molecule has 1 atom stereocenters. The first kappa shape index (κ1) is 31.8. The van der Waals surface area contributed by atoms with Crippen LogP contribution in [0.25, 0.3) is 0 Å². The zero-order valence-corrected chi connectivity index (χ0v) is 24.2. The van der Waals surface area contributed by atoms with E-state index < -0.39 is 44.5 Å². The van der Waals surface area contributed by atoms with Gasteiger partial charge in [0.25, 0.3) is 9.05 Å². The number of rotatable bonds is 10. The minimum Gasteiger partial charge on any atom is -0.453 e. The molecule has 0 aliphatic heterocycles. The van der Waals surface area contributed by atoms with Crippen molar-refractivity contribution in [2.75, 3.05) is 0 Å². The normalized spacial score (nSPS) is 13.0. The highest BCUT2D eigenvalue weighted by Gasteiger charge is 2.41. The van der Waals surface area contributed by atoms with Crippen molar-refractivity contribution >= 4 is 37.9 Å². The number of hydrogen-bond acceptors (Lipinski definition) is 8. The third-order valence-electron chi connectivity index (χ3n) is 5.27. The number of benzene rings is 2. The molecule has 2 aromatic carbocycles. The van der Waals surface area contributed by atoms with Crippen LogP contribution in [0.2, 0.25) is 0 Å². The topological polar surface area (TPSA) is 116 Å². The molecule has 0 unspecified atom stereocenters. The van der Waals surface area contributed by atoms with Gasteiger partial charge in [0.05, 0.1) is 0 Å². The van der Waals surface area contributed by atoms with Crippen molar-refractivity contribution in [3.8, 4) is 0 Å². The van der Waals surface area contributed by atoms with Crippen molar-refractivity contribution < 1.29 is 37.0 Å². The minimum absolute atomic E-state index is 0.0389. The fourth-order valence-corrected chi connectivity index (χ4v) is 4.02. The van der Waals surface area contributed by atoms with Crippen LogP contribution in [0.15, 0.2) is 72.1 Å². The Hall–Kier alpha value is -3.37. The predicted octanol–water partition coefficient (Wildman–Crippen LogP) is 6.27. The van der Waals surface area contributed by atoms with Crippen molar-refractivity contribution in [2.24, 2.45) is 0 Å². The Morgan fingerprint density at radius 3 is 2.00 bits per heavy atom. The molecule has 0 fully saturated rings. The number of carbonyl (C=O) groups is 3. The van der Waals surface area contributed by atoms with E-state index in [1.54, 1.807) is 89.2 Å². The Balaban J connectivity index is 2.42. The van der Waals surface area contributed by atoms with Gasteiger partial charge >= 0.3 is 18.2 Å². The van der Waals surface area contributed by atoms with Gasteiger partial charge in [0.2, 0.25) is 0 Å². The van der Waals surface area contributed by atoms with Crippen molar-refractivity contribution in [2.45, 2.75) is 71.3 Å². The van der Waals surface area contributed by atoms with E-state index >= 15 is 0 Å². The number of carbonyl (C=O) groups excluding carboxylic acids is 3. The van der Waals surface area contributed by atoms with E-state index in [4.69, 9.17) is 24.9 Å². The van der Waals surface area contributed by atoms with Gasteiger partial charge in [0.1, 0.15) is 23.9 Å². The molecular formula is C28H34ClNO8S. The number of halogens is 1.